The van der Waals surface area contributed by atoms with E-state index in [1.54, 1.807) is 11.6 Å². The van der Waals surface area contributed by atoms with Crippen molar-refractivity contribution in [1.29, 1.82) is 0 Å². The van der Waals surface area contributed by atoms with Gasteiger partial charge >= 0.3 is 0 Å². The van der Waals surface area contributed by atoms with E-state index in [2.05, 4.69) is 66.0 Å². The lowest BCUT2D eigenvalue weighted by Crippen LogP contribution is -2.43. The number of aliphatic hydroxyl groups excluding tert-OH is 2. The first-order chi connectivity index (χ1) is 32.6. The molecule has 2 fully saturated rings. The van der Waals surface area contributed by atoms with Crippen LogP contribution in [0, 0.1) is 0 Å². The molecule has 0 radical (unpaired) electrons. The van der Waals surface area contributed by atoms with Crippen molar-refractivity contribution in [3.63, 3.8) is 0 Å². The molecule has 0 amide bonds. The number of benzene rings is 6. The summed E-state index contributed by atoms with van der Waals surface area (Å²) >= 11 is 0. The summed E-state index contributed by atoms with van der Waals surface area (Å²) in [5.74, 6) is 0.141. The van der Waals surface area contributed by atoms with Crippen molar-refractivity contribution in [3.05, 3.63) is 233 Å². The molecule has 11 nitrogen and oxygen atoms in total. The van der Waals surface area contributed by atoms with Crippen molar-refractivity contribution in [1.82, 2.24) is 14.6 Å². The minimum absolute atomic E-state index is 0.116. The number of rotatable bonds is 15. The highest BCUT2D eigenvalue weighted by Crippen LogP contribution is 2.54. The Hall–Kier alpha value is -6.70. The second kappa shape index (κ2) is 17.8. The summed E-state index contributed by atoms with van der Waals surface area (Å²) in [5, 5.41) is 31.1. The van der Waals surface area contributed by atoms with Crippen molar-refractivity contribution < 1.29 is 33.9 Å². The molecule has 6 aromatic carbocycles. The zero-order chi connectivity index (χ0) is 46.2. The van der Waals surface area contributed by atoms with Crippen molar-refractivity contribution >= 4 is 11.3 Å². The van der Waals surface area contributed by atoms with Crippen molar-refractivity contribution in [2.75, 3.05) is 25.6 Å². The highest BCUT2D eigenvalue weighted by atomic mass is 16.8. The Bertz CT molecular complexity index is 2780. The summed E-state index contributed by atoms with van der Waals surface area (Å²) in [5.41, 5.74) is 4.01. The highest BCUT2D eigenvalue weighted by molar-refractivity contribution is 5.77. The molecule has 67 heavy (non-hydrogen) atoms. The van der Waals surface area contributed by atoms with Crippen LogP contribution in [0.5, 0.6) is 5.75 Å². The van der Waals surface area contributed by atoms with Crippen molar-refractivity contribution in [3.8, 4) is 5.75 Å². The summed E-state index contributed by atoms with van der Waals surface area (Å²) in [7, 11) is 1.65. The Morgan fingerprint density at radius 1 is 0.701 bits per heavy atom. The van der Waals surface area contributed by atoms with Gasteiger partial charge in [-0.15, -0.1) is 0 Å². The molecular weight excluding hydrogens is 841 g/mol. The average Bonchev–Trinajstić information content (AvgIpc) is 3.98. The van der Waals surface area contributed by atoms with E-state index in [1.165, 1.54) is 6.33 Å². The van der Waals surface area contributed by atoms with E-state index in [0.29, 0.717) is 28.3 Å². The van der Waals surface area contributed by atoms with Gasteiger partial charge in [0.05, 0.1) is 26.0 Å². The second-order valence-corrected chi connectivity index (χ2v) is 17.8. The maximum absolute atomic E-state index is 11.7. The van der Waals surface area contributed by atoms with Crippen LogP contribution >= 0.6 is 0 Å². The molecule has 2 aliphatic heterocycles. The van der Waals surface area contributed by atoms with Crippen LogP contribution < -0.4 is 10.1 Å². The maximum atomic E-state index is 11.7. The number of hydrogen-bond acceptors (Lipinski definition) is 10. The van der Waals surface area contributed by atoms with Gasteiger partial charge in [0.15, 0.2) is 11.6 Å². The lowest BCUT2D eigenvalue weighted by Gasteiger charge is -2.37. The number of aliphatic hydroxyl groups is 2. The molecule has 11 heteroatoms. The first-order valence-electron chi connectivity index (χ1n) is 22.6. The molecule has 5 atom stereocenters. The molecular formula is C56H54N4O7. The number of fused-ring (bicyclic) bond motifs is 2. The van der Waals surface area contributed by atoms with Crippen LogP contribution in [0.25, 0.3) is 5.52 Å². The zero-order valence-corrected chi connectivity index (χ0v) is 37.9. The summed E-state index contributed by atoms with van der Waals surface area (Å²) < 4.78 is 35.6. The summed E-state index contributed by atoms with van der Waals surface area (Å²) in [4.78, 5) is 4.91. The SMILES string of the molecule is COc1ccc(C(Nc2ncnn3c([C@@H]4O[C@H](COC(c5ccccc5)(c5ccccc5)c5ccccc5)[C@H]5OC(C)(C)O[C@]54C)cc(C(O)CO)c23)(c2ccccc2)c2ccccc2)cc1. The number of anilines is 1. The van der Waals surface area contributed by atoms with Gasteiger partial charge in [-0.1, -0.05) is 164 Å². The molecule has 3 N–H and O–H groups in total. The second-order valence-electron chi connectivity index (χ2n) is 17.8. The molecule has 2 aliphatic rings. The molecule has 0 spiro atoms. The molecule has 4 heterocycles. The summed E-state index contributed by atoms with van der Waals surface area (Å²) in [6.07, 6.45) is -1.84. The molecule has 2 saturated heterocycles. The lowest BCUT2D eigenvalue weighted by molar-refractivity contribution is -0.210. The van der Waals surface area contributed by atoms with Gasteiger partial charge in [-0.25, -0.2) is 9.50 Å². The molecule has 8 aromatic rings. The Morgan fingerprint density at radius 3 is 1.69 bits per heavy atom. The average molecular weight is 895 g/mol. The lowest BCUT2D eigenvalue weighted by atomic mass is 9.77. The van der Waals surface area contributed by atoms with E-state index in [4.69, 9.17) is 33.8 Å². The molecule has 0 aliphatic carbocycles. The number of nitrogens with one attached hydrogen (secondary N) is 1. The van der Waals surface area contributed by atoms with E-state index >= 15 is 0 Å². The van der Waals surface area contributed by atoms with Crippen LogP contribution in [0.15, 0.2) is 188 Å². The number of aromatic nitrogens is 3. The Morgan fingerprint density at radius 2 is 1.19 bits per heavy atom. The van der Waals surface area contributed by atoms with Gasteiger partial charge in [-0.3, -0.25) is 0 Å². The number of methoxy groups -OCH3 is 1. The monoisotopic (exact) mass is 894 g/mol. The van der Waals surface area contributed by atoms with Gasteiger partial charge in [0, 0.05) is 5.56 Å². The molecule has 1 unspecified atom stereocenters. The van der Waals surface area contributed by atoms with Gasteiger partial charge < -0.3 is 39.2 Å². The quantitative estimate of drug-likeness (QED) is 0.0857. The van der Waals surface area contributed by atoms with E-state index in [0.717, 1.165) is 33.4 Å². The fraction of sp³-hybridized carbons (Fsp3) is 0.250. The molecule has 340 valence electrons. The van der Waals surface area contributed by atoms with Crippen LogP contribution in [-0.4, -0.2) is 68.7 Å². The third-order valence-corrected chi connectivity index (χ3v) is 13.3. The van der Waals surface area contributed by atoms with Gasteiger partial charge in [0.25, 0.3) is 0 Å². The van der Waals surface area contributed by atoms with Gasteiger partial charge in [-0.05, 0) is 72.4 Å². The van der Waals surface area contributed by atoms with E-state index < -0.39 is 53.6 Å². The van der Waals surface area contributed by atoms with E-state index in [1.807, 2.05) is 142 Å². The minimum atomic E-state index is -1.30. The fourth-order valence-corrected chi connectivity index (χ4v) is 10.4. The third-order valence-electron chi connectivity index (χ3n) is 13.3. The highest BCUT2D eigenvalue weighted by Gasteiger charge is 2.65. The fourth-order valence-electron chi connectivity index (χ4n) is 10.4. The van der Waals surface area contributed by atoms with Crippen LogP contribution in [0.2, 0.25) is 0 Å². The van der Waals surface area contributed by atoms with Crippen molar-refractivity contribution in [2.24, 2.45) is 0 Å². The smallest absolute Gasteiger partial charge is 0.164 e. The van der Waals surface area contributed by atoms with Crippen LogP contribution in [0.1, 0.15) is 77.6 Å². The topological polar surface area (TPSA) is 129 Å². The van der Waals surface area contributed by atoms with Gasteiger partial charge in [0.1, 0.15) is 58.8 Å². The van der Waals surface area contributed by atoms with Crippen molar-refractivity contribution in [2.45, 2.75) is 67.7 Å². The van der Waals surface area contributed by atoms with Gasteiger partial charge in [0.2, 0.25) is 0 Å². The Kier molecular flexibility index (Phi) is 11.8. The first-order valence-corrected chi connectivity index (χ1v) is 22.6. The molecule has 0 saturated carbocycles. The Labute approximate surface area is 390 Å². The number of hydrogen-bond donors (Lipinski definition) is 3. The van der Waals surface area contributed by atoms with E-state index in [9.17, 15) is 10.2 Å². The first kappa shape index (κ1) is 44.2. The van der Waals surface area contributed by atoms with E-state index in [-0.39, 0.29) is 6.61 Å². The Balaban J connectivity index is 1.11. The predicted octanol–water partition coefficient (Wildman–Crippen LogP) is 9.53. The maximum Gasteiger partial charge on any atom is 0.164 e. The standard InChI is InChI=1S/C56H54N4O7/c1-53(2)66-51-48(36-64-56(41-24-14-7-15-25-41,42-26-16-8-17-27-42)43-28-18-9-19-29-43)65-50(54(51,3)67-53)46-34-45(47(62)35-61)49-52(57-37-58-60(46)49)59-55(38-20-10-5-11-21-38,39-22-12-6-13-23-39)40-30-32-44(63-4)33-31-40/h5-34,37,47-48,50-51,61-62H,35-36H2,1-4H3,(H,57,58,59)/t47?,48-,50+,51-,54+/m1/s1. The molecule has 2 aromatic heterocycles. The summed E-state index contributed by atoms with van der Waals surface area (Å²) in [6, 6.07) is 60.8. The number of nitrogens with zero attached hydrogens (tertiary/aromatic N) is 3. The normalized spacial score (nSPS) is 20.7. The third kappa shape index (κ3) is 7.67. The minimum Gasteiger partial charge on any atom is -0.497 e. The molecule has 0 bridgehead atoms. The summed E-state index contributed by atoms with van der Waals surface area (Å²) in [6.45, 7) is 5.37. The van der Waals surface area contributed by atoms with Crippen LogP contribution in [0.3, 0.4) is 0 Å². The van der Waals surface area contributed by atoms with Gasteiger partial charge in [-0.2, -0.15) is 5.10 Å². The number of ether oxygens (including phenoxy) is 5. The zero-order valence-electron chi connectivity index (χ0n) is 37.9. The van der Waals surface area contributed by atoms with Crippen LogP contribution in [0.4, 0.5) is 5.82 Å². The van der Waals surface area contributed by atoms with Crippen LogP contribution in [-0.2, 0) is 30.1 Å². The molecule has 10 rings (SSSR count). The predicted molar refractivity (Wildman–Crippen MR) is 256 cm³/mol. The largest absolute Gasteiger partial charge is 0.497 e.